The van der Waals surface area contributed by atoms with E-state index in [4.69, 9.17) is 21.1 Å². The maximum absolute atomic E-state index is 12.2. The maximum Gasteiger partial charge on any atom is 0.311 e. The van der Waals surface area contributed by atoms with Crippen molar-refractivity contribution in [1.29, 1.82) is 0 Å². The highest BCUT2D eigenvalue weighted by Gasteiger charge is 2.16. The van der Waals surface area contributed by atoms with Crippen LogP contribution in [0.15, 0.2) is 54.6 Å². The van der Waals surface area contributed by atoms with Crippen LogP contribution in [0.4, 0.5) is 5.69 Å². The third-order valence-electron chi connectivity index (χ3n) is 4.24. The molecule has 0 aliphatic carbocycles. The van der Waals surface area contributed by atoms with Crippen molar-refractivity contribution in [3.63, 3.8) is 0 Å². The van der Waals surface area contributed by atoms with Crippen molar-refractivity contribution in [2.75, 3.05) is 7.11 Å². The van der Waals surface area contributed by atoms with E-state index in [1.165, 1.54) is 30.6 Å². The number of carbonyl (C=O) groups is 1. The van der Waals surface area contributed by atoms with E-state index in [1.54, 1.807) is 43.3 Å². The molecule has 8 heteroatoms. The summed E-state index contributed by atoms with van der Waals surface area (Å²) in [7, 11) is 1.53. The molecule has 3 rings (SSSR count). The molecule has 0 amide bonds. The van der Waals surface area contributed by atoms with E-state index in [0.29, 0.717) is 20.5 Å². The molecule has 0 atom stereocenters. The highest BCUT2D eigenvalue weighted by Crippen LogP contribution is 2.30. The van der Waals surface area contributed by atoms with Crippen molar-refractivity contribution in [2.45, 2.75) is 13.5 Å². The summed E-state index contributed by atoms with van der Waals surface area (Å²) < 4.78 is 11.6. The first-order valence-electron chi connectivity index (χ1n) is 8.90. The lowest BCUT2D eigenvalue weighted by Gasteiger charge is -2.11. The van der Waals surface area contributed by atoms with Gasteiger partial charge in [0.05, 0.1) is 21.2 Å². The molecule has 0 spiro atoms. The van der Waals surface area contributed by atoms with Crippen LogP contribution < -0.4 is 9.47 Å². The Bertz CT molecular complexity index is 1120. The maximum atomic E-state index is 12.2. The number of thiophene rings is 1. The molecular weight excluding hydrogens is 426 g/mol. The molecule has 30 heavy (non-hydrogen) atoms. The lowest BCUT2D eigenvalue weighted by atomic mass is 10.1. The molecule has 0 unspecified atom stereocenters. The van der Waals surface area contributed by atoms with Crippen LogP contribution in [0.25, 0.3) is 6.08 Å². The quantitative estimate of drug-likeness (QED) is 0.182. The smallest absolute Gasteiger partial charge is 0.311 e. The zero-order valence-electron chi connectivity index (χ0n) is 16.3. The number of ether oxygens (including phenoxy) is 2. The normalized spacial score (nSPS) is 10.9. The molecule has 0 bridgehead atoms. The Morgan fingerprint density at radius 1 is 1.17 bits per heavy atom. The first-order chi connectivity index (χ1) is 14.4. The zero-order chi connectivity index (χ0) is 21.7. The number of halogens is 1. The average molecular weight is 444 g/mol. The van der Waals surface area contributed by atoms with Gasteiger partial charge in [-0.05, 0) is 54.5 Å². The number of hydrogen-bond donors (Lipinski definition) is 0. The highest BCUT2D eigenvalue weighted by molar-refractivity contribution is 7.18. The van der Waals surface area contributed by atoms with Crippen LogP contribution in [-0.2, 0) is 6.61 Å². The van der Waals surface area contributed by atoms with Gasteiger partial charge in [0.15, 0.2) is 11.5 Å². The SMILES string of the molecule is COc1ccc(/C=C/C(=O)c2ccc(Cl)s2)cc1COc1ccc(C)cc1[N+](=O)[O-]. The number of nitrogens with zero attached hydrogens (tertiary/aromatic N) is 1. The Hall–Kier alpha value is -3.16. The van der Waals surface area contributed by atoms with Crippen molar-refractivity contribution in [2.24, 2.45) is 0 Å². The molecule has 1 heterocycles. The number of benzene rings is 2. The third-order valence-corrected chi connectivity index (χ3v) is 5.49. The first-order valence-corrected chi connectivity index (χ1v) is 10.1. The Labute approximate surface area is 182 Å². The van der Waals surface area contributed by atoms with Gasteiger partial charge < -0.3 is 9.47 Å². The standard InChI is InChI=1S/C22H18ClNO5S/c1-14-3-7-20(17(11-14)24(26)27)29-13-16-12-15(5-8-19(16)28-2)4-6-18(25)21-9-10-22(23)30-21/h3-12H,13H2,1-2H3/b6-4+. The molecule has 0 aliphatic heterocycles. The minimum absolute atomic E-state index is 0.0727. The predicted molar refractivity (Wildman–Crippen MR) is 118 cm³/mol. The van der Waals surface area contributed by atoms with Gasteiger partial charge in [0.1, 0.15) is 12.4 Å². The summed E-state index contributed by atoms with van der Waals surface area (Å²) in [6.45, 7) is 1.85. The summed E-state index contributed by atoms with van der Waals surface area (Å²) in [6, 6.07) is 13.5. The fourth-order valence-corrected chi connectivity index (χ4v) is 3.73. The average Bonchev–Trinajstić information content (AvgIpc) is 3.17. The van der Waals surface area contributed by atoms with E-state index in [2.05, 4.69) is 0 Å². The Morgan fingerprint density at radius 2 is 1.93 bits per heavy atom. The molecule has 0 saturated heterocycles. The van der Waals surface area contributed by atoms with Crippen LogP contribution in [0.1, 0.15) is 26.4 Å². The molecule has 6 nitrogen and oxygen atoms in total. The zero-order valence-corrected chi connectivity index (χ0v) is 17.8. The molecule has 0 aliphatic rings. The number of nitro benzene ring substituents is 1. The van der Waals surface area contributed by atoms with Gasteiger partial charge in [0.25, 0.3) is 0 Å². The van der Waals surface area contributed by atoms with E-state index < -0.39 is 4.92 Å². The summed E-state index contributed by atoms with van der Waals surface area (Å²) in [5.41, 5.74) is 2.14. The lowest BCUT2D eigenvalue weighted by Crippen LogP contribution is -2.02. The second-order valence-electron chi connectivity index (χ2n) is 6.39. The number of methoxy groups -OCH3 is 1. The summed E-state index contributed by atoms with van der Waals surface area (Å²) in [4.78, 5) is 23.6. The summed E-state index contributed by atoms with van der Waals surface area (Å²) in [5, 5.41) is 11.3. The molecule has 0 N–H and O–H groups in total. The third kappa shape index (κ3) is 5.25. The van der Waals surface area contributed by atoms with Gasteiger partial charge in [0.2, 0.25) is 0 Å². The largest absolute Gasteiger partial charge is 0.496 e. The van der Waals surface area contributed by atoms with Gasteiger partial charge in [0, 0.05) is 11.6 Å². The second-order valence-corrected chi connectivity index (χ2v) is 8.10. The summed E-state index contributed by atoms with van der Waals surface area (Å²) in [6.07, 6.45) is 3.16. The van der Waals surface area contributed by atoms with Crippen LogP contribution in [0.3, 0.4) is 0 Å². The monoisotopic (exact) mass is 443 g/mol. The van der Waals surface area contributed by atoms with Gasteiger partial charge >= 0.3 is 5.69 Å². The Morgan fingerprint density at radius 3 is 2.60 bits per heavy atom. The summed E-state index contributed by atoms with van der Waals surface area (Å²) >= 11 is 7.09. The number of nitro groups is 1. The first kappa shape index (κ1) is 21.5. The van der Waals surface area contributed by atoms with Crippen molar-refractivity contribution in [3.8, 4) is 11.5 Å². The molecule has 0 saturated carbocycles. The number of aryl methyl sites for hydroxylation is 1. The number of ketones is 1. The van der Waals surface area contributed by atoms with Crippen molar-refractivity contribution in [1.82, 2.24) is 0 Å². The molecule has 154 valence electrons. The van der Waals surface area contributed by atoms with Crippen LogP contribution >= 0.6 is 22.9 Å². The number of carbonyl (C=O) groups excluding carboxylic acids is 1. The topological polar surface area (TPSA) is 78.7 Å². The van der Waals surface area contributed by atoms with Crippen LogP contribution in [0, 0.1) is 17.0 Å². The van der Waals surface area contributed by atoms with Gasteiger partial charge in [-0.3, -0.25) is 14.9 Å². The molecule has 0 radical (unpaired) electrons. The van der Waals surface area contributed by atoms with E-state index in [9.17, 15) is 14.9 Å². The minimum Gasteiger partial charge on any atom is -0.496 e. The van der Waals surface area contributed by atoms with E-state index >= 15 is 0 Å². The number of allylic oxidation sites excluding steroid dienone is 1. The van der Waals surface area contributed by atoms with Crippen LogP contribution in [-0.4, -0.2) is 17.8 Å². The highest BCUT2D eigenvalue weighted by atomic mass is 35.5. The van der Waals surface area contributed by atoms with Gasteiger partial charge in [-0.2, -0.15) is 0 Å². The molecular formula is C22H18ClNO5S. The van der Waals surface area contributed by atoms with Gasteiger partial charge in [-0.1, -0.05) is 29.8 Å². The van der Waals surface area contributed by atoms with Crippen LogP contribution in [0.5, 0.6) is 11.5 Å². The Balaban J connectivity index is 1.79. The Kier molecular flexibility index (Phi) is 6.87. The molecule has 3 aromatic rings. The fraction of sp³-hybridized carbons (Fsp3) is 0.136. The van der Waals surface area contributed by atoms with Crippen molar-refractivity contribution >= 4 is 40.5 Å². The number of rotatable bonds is 8. The van der Waals surface area contributed by atoms with Crippen LogP contribution in [0.2, 0.25) is 4.34 Å². The summed E-state index contributed by atoms with van der Waals surface area (Å²) in [5.74, 6) is 0.618. The van der Waals surface area contributed by atoms with E-state index in [1.807, 2.05) is 12.1 Å². The molecule has 0 fully saturated rings. The molecule has 2 aromatic carbocycles. The van der Waals surface area contributed by atoms with E-state index in [-0.39, 0.29) is 23.8 Å². The second kappa shape index (κ2) is 9.56. The van der Waals surface area contributed by atoms with Crippen molar-refractivity contribution in [3.05, 3.63) is 90.6 Å². The minimum atomic E-state index is -0.471. The van der Waals surface area contributed by atoms with Gasteiger partial charge in [-0.25, -0.2) is 0 Å². The predicted octanol–water partition coefficient (Wildman–Crippen LogP) is 6.10. The van der Waals surface area contributed by atoms with Gasteiger partial charge in [-0.15, -0.1) is 11.3 Å². The lowest BCUT2D eigenvalue weighted by molar-refractivity contribution is -0.386. The van der Waals surface area contributed by atoms with E-state index in [0.717, 1.165) is 11.1 Å². The van der Waals surface area contributed by atoms with Crippen molar-refractivity contribution < 1.29 is 19.2 Å². The number of hydrogen-bond acceptors (Lipinski definition) is 6. The fourth-order valence-electron chi connectivity index (χ4n) is 2.76. The molecule has 1 aromatic heterocycles.